The number of carbonyl (C=O) groups excluding carboxylic acids is 1. The maximum absolute atomic E-state index is 13.6. The van der Waals surface area contributed by atoms with Crippen molar-refractivity contribution >= 4 is 14.4 Å². The van der Waals surface area contributed by atoms with Crippen molar-refractivity contribution < 1.29 is 38.0 Å². The molecule has 0 aromatic carbocycles. The van der Waals surface area contributed by atoms with Gasteiger partial charge in [-0.3, -0.25) is 4.90 Å². The van der Waals surface area contributed by atoms with Crippen LogP contribution in [0.5, 0.6) is 0 Å². The largest absolute Gasteiger partial charge is 0.444 e. The van der Waals surface area contributed by atoms with Crippen LogP contribution in [0.15, 0.2) is 11.6 Å². The molecule has 236 valence electrons. The topological polar surface area (TPSA) is 95.9 Å². The smallest absolute Gasteiger partial charge is 0.410 e. The number of unbranched alkanes of at least 4 members (excludes halogenated alkanes) is 5. The van der Waals surface area contributed by atoms with Crippen LogP contribution in [0, 0.1) is 0 Å². The summed E-state index contributed by atoms with van der Waals surface area (Å²) in [5, 5.41) is 11.5. The van der Waals surface area contributed by atoms with E-state index in [9.17, 15) is 9.90 Å². The first-order chi connectivity index (χ1) is 18.6. The first-order valence-electron chi connectivity index (χ1n) is 14.8. The molecule has 1 amide bonds. The third kappa shape index (κ3) is 12.1. The number of amides is 1. The summed E-state index contributed by atoms with van der Waals surface area (Å²) in [6, 6.07) is -0.566. The molecule has 1 aliphatic carbocycles. The van der Waals surface area contributed by atoms with Crippen LogP contribution < -0.4 is 0 Å². The fourth-order valence-corrected chi connectivity index (χ4v) is 5.26. The van der Waals surface area contributed by atoms with Crippen molar-refractivity contribution in [3.63, 3.8) is 0 Å². The van der Waals surface area contributed by atoms with Gasteiger partial charge in [0.05, 0.1) is 12.6 Å². The van der Waals surface area contributed by atoms with Crippen LogP contribution in [0.2, 0.25) is 18.1 Å². The maximum Gasteiger partial charge on any atom is 0.410 e. The highest BCUT2D eigenvalue weighted by Gasteiger charge is 2.46. The average Bonchev–Trinajstić information content (AvgIpc) is 2.84. The van der Waals surface area contributed by atoms with Crippen LogP contribution in [0.25, 0.3) is 0 Å². The molecule has 1 N–H and O–H groups in total. The average molecular weight is 590 g/mol. The van der Waals surface area contributed by atoms with E-state index in [2.05, 4.69) is 40.8 Å². The Bertz CT molecular complexity index is 762. The van der Waals surface area contributed by atoms with Gasteiger partial charge >= 0.3 is 6.09 Å². The number of ether oxygens (including phenoxy) is 5. The Kier molecular flexibility index (Phi) is 15.9. The van der Waals surface area contributed by atoms with Gasteiger partial charge < -0.3 is 33.2 Å². The predicted octanol–water partition coefficient (Wildman–Crippen LogP) is 6.25. The number of methoxy groups -OCH3 is 2. The van der Waals surface area contributed by atoms with Crippen LogP contribution in [-0.2, 0) is 28.1 Å². The first-order valence-corrected chi connectivity index (χ1v) is 17.7. The van der Waals surface area contributed by atoms with Crippen molar-refractivity contribution in [2.75, 3.05) is 41.0 Å². The molecule has 1 rings (SSSR count). The predicted molar refractivity (Wildman–Crippen MR) is 161 cm³/mol. The van der Waals surface area contributed by atoms with Gasteiger partial charge in [0.2, 0.25) is 0 Å². The van der Waals surface area contributed by atoms with E-state index in [0.29, 0.717) is 12.1 Å². The Morgan fingerprint density at radius 1 is 0.925 bits per heavy atom. The van der Waals surface area contributed by atoms with Crippen molar-refractivity contribution in [2.45, 2.75) is 135 Å². The van der Waals surface area contributed by atoms with Crippen molar-refractivity contribution in [3.8, 4) is 0 Å². The van der Waals surface area contributed by atoms with Crippen LogP contribution in [-0.4, -0.2) is 95.3 Å². The molecule has 0 saturated carbocycles. The SMILES string of the molecule is CCCCCCCCN(C(=O)OC(C)(C)C)[C@@H]1C=C(CO[Si](C)(C)C(C)(C)C)[C@H](O)C(OCOC)[C@H]1OCOC. The Balaban J connectivity index is 3.47. The minimum absolute atomic E-state index is 0.00295. The van der Waals surface area contributed by atoms with Gasteiger partial charge in [0.25, 0.3) is 0 Å². The molecule has 0 spiro atoms. The second kappa shape index (κ2) is 17.2. The molecule has 9 nitrogen and oxygen atoms in total. The van der Waals surface area contributed by atoms with Gasteiger partial charge in [-0.05, 0) is 50.9 Å². The van der Waals surface area contributed by atoms with E-state index in [0.717, 1.165) is 19.3 Å². The van der Waals surface area contributed by atoms with Gasteiger partial charge in [-0.25, -0.2) is 4.79 Å². The van der Waals surface area contributed by atoms with Gasteiger partial charge in [0, 0.05) is 20.8 Å². The summed E-state index contributed by atoms with van der Waals surface area (Å²) in [6.07, 6.45) is 5.47. The van der Waals surface area contributed by atoms with E-state index in [-0.39, 0.29) is 25.2 Å². The summed E-state index contributed by atoms with van der Waals surface area (Å²) in [5.41, 5.74) is -0.0121. The highest BCUT2D eigenvalue weighted by atomic mass is 28.4. The molecule has 0 aromatic heterocycles. The molecule has 10 heteroatoms. The van der Waals surface area contributed by atoms with Crippen LogP contribution in [0.4, 0.5) is 4.79 Å². The zero-order valence-electron chi connectivity index (χ0n) is 27.2. The Morgan fingerprint density at radius 2 is 1.48 bits per heavy atom. The minimum atomic E-state index is -2.12. The highest BCUT2D eigenvalue weighted by Crippen LogP contribution is 2.38. The van der Waals surface area contributed by atoms with E-state index in [1.54, 1.807) is 4.90 Å². The van der Waals surface area contributed by atoms with Crippen LogP contribution in [0.3, 0.4) is 0 Å². The Morgan fingerprint density at radius 3 is 2.00 bits per heavy atom. The molecule has 0 aromatic rings. The lowest BCUT2D eigenvalue weighted by Crippen LogP contribution is -2.59. The van der Waals surface area contributed by atoms with Crippen LogP contribution >= 0.6 is 0 Å². The molecule has 0 fully saturated rings. The van der Waals surface area contributed by atoms with E-state index >= 15 is 0 Å². The fourth-order valence-electron chi connectivity index (χ4n) is 4.30. The van der Waals surface area contributed by atoms with Gasteiger partial charge in [0.15, 0.2) is 8.32 Å². The second-order valence-corrected chi connectivity index (χ2v) is 18.1. The van der Waals surface area contributed by atoms with Crippen molar-refractivity contribution in [3.05, 3.63) is 11.6 Å². The molecule has 0 saturated heterocycles. The number of rotatable bonds is 17. The van der Waals surface area contributed by atoms with Gasteiger partial charge in [-0.2, -0.15) is 0 Å². The third-order valence-corrected chi connectivity index (χ3v) is 12.1. The van der Waals surface area contributed by atoms with Gasteiger partial charge in [0.1, 0.15) is 37.5 Å². The van der Waals surface area contributed by atoms with Crippen molar-refractivity contribution in [1.82, 2.24) is 4.90 Å². The zero-order chi connectivity index (χ0) is 30.6. The zero-order valence-corrected chi connectivity index (χ0v) is 28.2. The summed E-state index contributed by atoms with van der Waals surface area (Å²) in [6.45, 7) is 19.3. The summed E-state index contributed by atoms with van der Waals surface area (Å²) < 4.78 is 34.9. The van der Waals surface area contributed by atoms with Crippen LogP contribution in [0.1, 0.15) is 87.0 Å². The number of aliphatic hydroxyl groups is 1. The lowest BCUT2D eigenvalue weighted by molar-refractivity contribution is -0.195. The van der Waals surface area contributed by atoms with E-state index < -0.39 is 44.4 Å². The molecule has 0 heterocycles. The number of aliphatic hydroxyl groups excluding tert-OH is 1. The lowest BCUT2D eigenvalue weighted by Gasteiger charge is -2.45. The van der Waals surface area contributed by atoms with Crippen molar-refractivity contribution in [1.29, 1.82) is 0 Å². The number of hydrogen-bond donors (Lipinski definition) is 1. The quantitative estimate of drug-likeness (QED) is 0.0920. The van der Waals surface area contributed by atoms with E-state index in [4.69, 9.17) is 28.1 Å². The standard InChI is InChI=1S/C30H59NO8Si/c1-12-13-14-15-16-17-18-31(28(33)39-29(2,3)4)24-19-23(20-38-40(10,11)30(5,6)7)25(32)27(37-22-35-9)26(24)36-21-34-8/h19,24-27,32H,12-18,20-22H2,1-11H3/t24-,25+,26+,27?/m1/s1. The molecule has 40 heavy (non-hydrogen) atoms. The molecular formula is C30H59NO8Si. The number of hydrogen-bond acceptors (Lipinski definition) is 8. The maximum atomic E-state index is 13.6. The number of carbonyl (C=O) groups is 1. The summed E-state index contributed by atoms with van der Waals surface area (Å²) in [5.74, 6) is 0. The Hall–Kier alpha value is -1.01. The molecular weight excluding hydrogens is 530 g/mol. The second-order valence-electron chi connectivity index (χ2n) is 13.2. The summed E-state index contributed by atoms with van der Waals surface area (Å²) in [7, 11) is 0.948. The summed E-state index contributed by atoms with van der Waals surface area (Å²) >= 11 is 0. The first kappa shape index (κ1) is 37.0. The van der Waals surface area contributed by atoms with Crippen molar-refractivity contribution in [2.24, 2.45) is 0 Å². The Labute approximate surface area is 245 Å². The molecule has 4 atom stereocenters. The fraction of sp³-hybridized carbons (Fsp3) is 0.900. The van der Waals surface area contributed by atoms with E-state index in [1.165, 1.54) is 33.5 Å². The molecule has 1 unspecified atom stereocenters. The normalized spacial score (nSPS) is 22.2. The molecule has 1 aliphatic rings. The van der Waals surface area contributed by atoms with E-state index in [1.807, 2.05) is 26.8 Å². The lowest BCUT2D eigenvalue weighted by atomic mass is 9.87. The monoisotopic (exact) mass is 589 g/mol. The minimum Gasteiger partial charge on any atom is -0.444 e. The third-order valence-electron chi connectivity index (χ3n) is 7.64. The molecule has 0 radical (unpaired) electrons. The molecule has 0 bridgehead atoms. The van der Waals surface area contributed by atoms with Gasteiger partial charge in [-0.1, -0.05) is 65.9 Å². The number of nitrogens with zero attached hydrogens (tertiary/aromatic N) is 1. The molecule has 0 aliphatic heterocycles. The highest BCUT2D eigenvalue weighted by molar-refractivity contribution is 6.74. The summed E-state index contributed by atoms with van der Waals surface area (Å²) in [4.78, 5) is 15.4. The van der Waals surface area contributed by atoms with Gasteiger partial charge in [-0.15, -0.1) is 0 Å².